The van der Waals surface area contributed by atoms with Crippen LogP contribution >= 0.6 is 12.4 Å². The third-order valence-corrected chi connectivity index (χ3v) is 3.61. The van der Waals surface area contributed by atoms with Gasteiger partial charge >= 0.3 is 5.97 Å². The van der Waals surface area contributed by atoms with Crippen LogP contribution in [0.2, 0.25) is 0 Å². The SMILES string of the molecule is CNC(CC(C)(C)C)C(=O)NC(CC(=O)OC)C1CC1.Cl. The lowest BCUT2D eigenvalue weighted by Crippen LogP contribution is -2.49. The molecule has 0 aromatic heterocycles. The Morgan fingerprint density at radius 3 is 2.24 bits per heavy atom. The normalized spacial score (nSPS) is 17.4. The van der Waals surface area contributed by atoms with E-state index in [-0.39, 0.29) is 48.2 Å². The molecular weight excluding hydrogens is 292 g/mol. The van der Waals surface area contributed by atoms with E-state index in [0.717, 1.165) is 19.3 Å². The predicted octanol–water partition coefficient (Wildman–Crippen LogP) is 1.89. The fraction of sp³-hybridized carbons (Fsp3) is 0.867. The van der Waals surface area contributed by atoms with Crippen molar-refractivity contribution in [1.29, 1.82) is 0 Å². The van der Waals surface area contributed by atoms with Crippen molar-refractivity contribution in [2.24, 2.45) is 11.3 Å². The first-order valence-corrected chi connectivity index (χ1v) is 7.31. The van der Waals surface area contributed by atoms with Gasteiger partial charge in [0.2, 0.25) is 5.91 Å². The van der Waals surface area contributed by atoms with E-state index in [1.807, 2.05) is 0 Å². The van der Waals surface area contributed by atoms with Crippen LogP contribution < -0.4 is 10.6 Å². The quantitative estimate of drug-likeness (QED) is 0.703. The van der Waals surface area contributed by atoms with Gasteiger partial charge in [0.1, 0.15) is 0 Å². The van der Waals surface area contributed by atoms with E-state index in [0.29, 0.717) is 5.92 Å². The zero-order valence-corrected chi connectivity index (χ0v) is 14.5. The summed E-state index contributed by atoms with van der Waals surface area (Å²) < 4.78 is 4.70. The molecule has 0 heterocycles. The number of esters is 1. The molecule has 5 nitrogen and oxygen atoms in total. The monoisotopic (exact) mass is 320 g/mol. The molecule has 1 aliphatic rings. The summed E-state index contributed by atoms with van der Waals surface area (Å²) in [5.74, 6) is 0.132. The van der Waals surface area contributed by atoms with E-state index < -0.39 is 0 Å². The molecule has 1 saturated carbocycles. The van der Waals surface area contributed by atoms with Crippen LogP contribution in [-0.4, -0.2) is 38.1 Å². The molecule has 0 aromatic rings. The van der Waals surface area contributed by atoms with Crippen LogP contribution in [0.1, 0.15) is 46.5 Å². The summed E-state index contributed by atoms with van der Waals surface area (Å²) in [6.45, 7) is 6.33. The largest absolute Gasteiger partial charge is 0.469 e. The van der Waals surface area contributed by atoms with Gasteiger partial charge in [0, 0.05) is 6.04 Å². The first-order valence-electron chi connectivity index (χ1n) is 7.31. The highest BCUT2D eigenvalue weighted by atomic mass is 35.5. The van der Waals surface area contributed by atoms with Crippen molar-refractivity contribution in [3.8, 4) is 0 Å². The average molecular weight is 321 g/mol. The maximum absolute atomic E-state index is 12.3. The van der Waals surface area contributed by atoms with Gasteiger partial charge in [-0.15, -0.1) is 12.4 Å². The summed E-state index contributed by atoms with van der Waals surface area (Å²) in [6.07, 6.45) is 3.17. The average Bonchev–Trinajstić information content (AvgIpc) is 3.17. The van der Waals surface area contributed by atoms with Crippen molar-refractivity contribution in [3.05, 3.63) is 0 Å². The number of ether oxygens (including phenoxy) is 1. The summed E-state index contributed by atoms with van der Waals surface area (Å²) in [7, 11) is 3.17. The minimum absolute atomic E-state index is 0. The van der Waals surface area contributed by atoms with Gasteiger partial charge in [0.15, 0.2) is 0 Å². The van der Waals surface area contributed by atoms with Gasteiger partial charge in [-0.1, -0.05) is 20.8 Å². The Bertz CT molecular complexity index is 351. The number of rotatable bonds is 7. The highest BCUT2D eigenvalue weighted by Crippen LogP contribution is 2.34. The lowest BCUT2D eigenvalue weighted by atomic mass is 9.87. The molecule has 0 radical (unpaired) electrons. The van der Waals surface area contributed by atoms with Crippen LogP contribution in [0.25, 0.3) is 0 Å². The van der Waals surface area contributed by atoms with Crippen LogP contribution in [0.3, 0.4) is 0 Å². The van der Waals surface area contributed by atoms with Crippen molar-refractivity contribution in [2.75, 3.05) is 14.2 Å². The molecule has 2 N–H and O–H groups in total. The number of nitrogens with one attached hydrogen (secondary N) is 2. The molecule has 21 heavy (non-hydrogen) atoms. The molecule has 1 aliphatic carbocycles. The van der Waals surface area contributed by atoms with Crippen molar-refractivity contribution >= 4 is 24.3 Å². The molecule has 0 aliphatic heterocycles. The van der Waals surface area contributed by atoms with Gasteiger partial charge < -0.3 is 15.4 Å². The summed E-state index contributed by atoms with van der Waals surface area (Å²) in [5.41, 5.74) is 0.0719. The first-order chi connectivity index (χ1) is 9.26. The van der Waals surface area contributed by atoms with E-state index >= 15 is 0 Å². The lowest BCUT2D eigenvalue weighted by Gasteiger charge is -2.27. The lowest BCUT2D eigenvalue weighted by molar-refractivity contribution is -0.141. The predicted molar refractivity (Wildman–Crippen MR) is 85.5 cm³/mol. The molecule has 1 amide bonds. The number of methoxy groups -OCH3 is 1. The maximum Gasteiger partial charge on any atom is 0.307 e. The number of hydrogen-bond donors (Lipinski definition) is 2. The molecular formula is C15H29ClN2O3. The van der Waals surface area contributed by atoms with Gasteiger partial charge in [-0.2, -0.15) is 0 Å². The third-order valence-electron chi connectivity index (χ3n) is 3.61. The van der Waals surface area contributed by atoms with E-state index in [4.69, 9.17) is 4.74 Å². The van der Waals surface area contributed by atoms with Crippen molar-refractivity contribution in [3.63, 3.8) is 0 Å². The first kappa shape index (κ1) is 20.2. The number of hydrogen-bond acceptors (Lipinski definition) is 4. The Labute approximate surface area is 134 Å². The Morgan fingerprint density at radius 1 is 1.29 bits per heavy atom. The van der Waals surface area contributed by atoms with Crippen LogP contribution in [-0.2, 0) is 14.3 Å². The molecule has 0 bridgehead atoms. The molecule has 0 aromatic carbocycles. The molecule has 2 unspecified atom stereocenters. The van der Waals surface area contributed by atoms with Gasteiger partial charge in [-0.05, 0) is 37.6 Å². The highest BCUT2D eigenvalue weighted by Gasteiger charge is 2.35. The second kappa shape index (κ2) is 8.59. The zero-order valence-electron chi connectivity index (χ0n) is 13.7. The van der Waals surface area contributed by atoms with Gasteiger partial charge in [-0.3, -0.25) is 9.59 Å². The van der Waals surface area contributed by atoms with E-state index in [1.54, 1.807) is 7.05 Å². The van der Waals surface area contributed by atoms with Crippen LogP contribution in [0.4, 0.5) is 0 Å². The molecule has 124 valence electrons. The minimum Gasteiger partial charge on any atom is -0.469 e. The Kier molecular flexibility index (Phi) is 8.26. The summed E-state index contributed by atoms with van der Waals surface area (Å²) in [6, 6.07) is -0.320. The van der Waals surface area contributed by atoms with Crippen LogP contribution in [0.5, 0.6) is 0 Å². The van der Waals surface area contributed by atoms with Gasteiger partial charge in [-0.25, -0.2) is 0 Å². The van der Waals surface area contributed by atoms with Gasteiger partial charge in [0.25, 0.3) is 0 Å². The number of amides is 1. The van der Waals surface area contributed by atoms with E-state index in [9.17, 15) is 9.59 Å². The fourth-order valence-corrected chi connectivity index (χ4v) is 2.32. The number of carbonyl (C=O) groups is 2. The number of likely N-dealkylation sites (N-methyl/N-ethyl adjacent to an activating group) is 1. The topological polar surface area (TPSA) is 67.4 Å². The van der Waals surface area contributed by atoms with E-state index in [1.165, 1.54) is 7.11 Å². The molecule has 1 fully saturated rings. The molecule has 2 atom stereocenters. The number of halogens is 1. The molecule has 1 rings (SSSR count). The summed E-state index contributed by atoms with van der Waals surface area (Å²) in [5, 5.41) is 6.08. The zero-order chi connectivity index (χ0) is 15.3. The fourth-order valence-electron chi connectivity index (χ4n) is 2.32. The second-order valence-corrected chi connectivity index (χ2v) is 6.84. The minimum atomic E-state index is -0.265. The maximum atomic E-state index is 12.3. The van der Waals surface area contributed by atoms with Gasteiger partial charge in [0.05, 0.1) is 19.6 Å². The smallest absolute Gasteiger partial charge is 0.307 e. The summed E-state index contributed by atoms with van der Waals surface area (Å²) in [4.78, 5) is 23.8. The molecule has 6 heteroatoms. The highest BCUT2D eigenvalue weighted by molar-refractivity contribution is 5.85. The van der Waals surface area contributed by atoms with Crippen molar-refractivity contribution in [1.82, 2.24) is 10.6 Å². The molecule has 0 saturated heterocycles. The molecule has 0 spiro atoms. The number of carbonyl (C=O) groups excluding carboxylic acids is 2. The Morgan fingerprint density at radius 2 is 1.86 bits per heavy atom. The second-order valence-electron chi connectivity index (χ2n) is 6.84. The van der Waals surface area contributed by atoms with Crippen molar-refractivity contribution < 1.29 is 14.3 Å². The Hall–Kier alpha value is -0.810. The third kappa shape index (κ3) is 7.67. The standard InChI is InChI=1S/C15H28N2O3.ClH/c1-15(2,3)9-12(16-4)14(19)17-11(10-6-7-10)8-13(18)20-5;/h10-12,16H,6-9H2,1-5H3,(H,17,19);1H. The van der Waals surface area contributed by atoms with Crippen LogP contribution in [0, 0.1) is 11.3 Å². The Balaban J connectivity index is 0.00000400. The van der Waals surface area contributed by atoms with Crippen LogP contribution in [0.15, 0.2) is 0 Å². The van der Waals surface area contributed by atoms with E-state index in [2.05, 4.69) is 31.4 Å². The summed E-state index contributed by atoms with van der Waals surface area (Å²) >= 11 is 0. The van der Waals surface area contributed by atoms with Crippen molar-refractivity contribution in [2.45, 2.75) is 58.5 Å².